The van der Waals surface area contributed by atoms with Gasteiger partial charge in [-0.1, -0.05) is 6.07 Å². The number of rotatable bonds is 0. The van der Waals surface area contributed by atoms with E-state index in [1.165, 1.54) is 6.07 Å². The molecular formula is C8H6N2O4S. The minimum atomic E-state index is -4.04. The maximum Gasteiger partial charge on any atom is 0.503 e. The van der Waals surface area contributed by atoms with E-state index in [4.69, 9.17) is 4.18 Å². The lowest BCUT2D eigenvalue weighted by Gasteiger charge is -2.08. The number of hydrogen-bond donors (Lipinski definition) is 0. The Hall–Kier alpha value is -1.76. The van der Waals surface area contributed by atoms with E-state index in [1.54, 1.807) is 23.7 Å². The molecule has 2 bridgehead atoms. The Bertz CT molecular complexity index is 659. The van der Waals surface area contributed by atoms with Gasteiger partial charge < -0.3 is 8.37 Å². The summed E-state index contributed by atoms with van der Waals surface area (Å²) in [5.74, 6) is 0.187. The van der Waals surface area contributed by atoms with Crippen LogP contribution in [0.1, 0.15) is 0 Å². The summed E-state index contributed by atoms with van der Waals surface area (Å²) in [5, 5.41) is 0. The SMILES string of the molecule is Cn1c2nc3c(cccc31)OS(=O)(=O)O2. The molecule has 1 aromatic carbocycles. The van der Waals surface area contributed by atoms with Gasteiger partial charge in [0.05, 0.1) is 5.52 Å². The molecule has 1 aliphatic rings. The molecule has 2 aromatic rings. The number of nitrogens with zero attached hydrogens (tertiary/aromatic N) is 2. The summed E-state index contributed by atoms with van der Waals surface area (Å²) in [5.41, 5.74) is 1.24. The Morgan fingerprint density at radius 3 is 2.93 bits per heavy atom. The van der Waals surface area contributed by atoms with E-state index in [1.807, 2.05) is 0 Å². The van der Waals surface area contributed by atoms with Gasteiger partial charge in [0, 0.05) is 7.05 Å². The molecule has 0 amide bonds. The van der Waals surface area contributed by atoms with Crippen molar-refractivity contribution in [3.8, 4) is 11.8 Å². The van der Waals surface area contributed by atoms with Gasteiger partial charge in [-0.15, -0.1) is 8.42 Å². The topological polar surface area (TPSA) is 70.4 Å². The zero-order valence-electron chi connectivity index (χ0n) is 7.67. The first-order chi connectivity index (χ1) is 7.07. The molecule has 3 rings (SSSR count). The lowest BCUT2D eigenvalue weighted by molar-refractivity contribution is 0.380. The van der Waals surface area contributed by atoms with Crippen molar-refractivity contribution < 1.29 is 16.8 Å². The van der Waals surface area contributed by atoms with Crippen LogP contribution in [0.15, 0.2) is 18.2 Å². The molecule has 0 unspecified atom stereocenters. The van der Waals surface area contributed by atoms with Crippen LogP contribution in [0.3, 0.4) is 0 Å². The predicted molar refractivity (Wildman–Crippen MR) is 50.9 cm³/mol. The smallest absolute Gasteiger partial charge is 0.350 e. The van der Waals surface area contributed by atoms with Gasteiger partial charge >= 0.3 is 16.4 Å². The first kappa shape index (κ1) is 8.54. The summed E-state index contributed by atoms with van der Waals surface area (Å²) in [6, 6.07) is 5.05. The fourth-order valence-corrected chi connectivity index (χ4v) is 2.25. The second-order valence-electron chi connectivity index (χ2n) is 3.15. The van der Waals surface area contributed by atoms with Crippen LogP contribution in [0.2, 0.25) is 0 Å². The second kappa shape index (κ2) is 2.43. The lowest BCUT2D eigenvalue weighted by Crippen LogP contribution is -2.18. The van der Waals surface area contributed by atoms with Crippen molar-refractivity contribution in [2.75, 3.05) is 0 Å². The Balaban J connectivity index is 2.48. The Kier molecular flexibility index (Phi) is 1.38. The Labute approximate surface area is 85.4 Å². The van der Waals surface area contributed by atoms with E-state index in [-0.39, 0.29) is 11.8 Å². The third-order valence-electron chi connectivity index (χ3n) is 2.20. The standard InChI is InChI=1S/C8H6N2O4S/c1-10-5-3-2-4-6-7(5)9-8(10)14-15(11,12)13-6/h2-4H,1H3. The highest BCUT2D eigenvalue weighted by atomic mass is 32.3. The number of para-hydroxylation sites is 1. The third kappa shape index (κ3) is 1.09. The fourth-order valence-electron chi connectivity index (χ4n) is 1.53. The Morgan fingerprint density at radius 2 is 2.13 bits per heavy atom. The first-order valence-electron chi connectivity index (χ1n) is 4.16. The summed E-state index contributed by atoms with van der Waals surface area (Å²) in [4.78, 5) is 4.02. The van der Waals surface area contributed by atoms with Gasteiger partial charge in [-0.2, -0.15) is 4.98 Å². The summed E-state index contributed by atoms with van der Waals surface area (Å²) in [6.45, 7) is 0. The molecule has 0 saturated carbocycles. The van der Waals surface area contributed by atoms with Crippen LogP contribution in [0.5, 0.6) is 11.8 Å². The van der Waals surface area contributed by atoms with Gasteiger partial charge in [-0.3, -0.25) is 4.57 Å². The van der Waals surface area contributed by atoms with Gasteiger partial charge in [-0.25, -0.2) is 0 Å². The van der Waals surface area contributed by atoms with E-state index in [2.05, 4.69) is 9.17 Å². The van der Waals surface area contributed by atoms with Crippen LogP contribution >= 0.6 is 0 Å². The highest BCUT2D eigenvalue weighted by Gasteiger charge is 2.27. The van der Waals surface area contributed by atoms with Crippen molar-refractivity contribution in [2.24, 2.45) is 7.05 Å². The summed E-state index contributed by atoms with van der Waals surface area (Å²) in [6.07, 6.45) is 0. The largest absolute Gasteiger partial charge is 0.503 e. The van der Waals surface area contributed by atoms with E-state index >= 15 is 0 Å². The van der Waals surface area contributed by atoms with Crippen LogP contribution < -0.4 is 8.37 Å². The normalized spacial score (nSPS) is 17.1. The zero-order valence-corrected chi connectivity index (χ0v) is 8.48. The number of hydrogen-bond acceptors (Lipinski definition) is 5. The monoisotopic (exact) mass is 226 g/mol. The average molecular weight is 226 g/mol. The molecule has 0 fully saturated rings. The quantitative estimate of drug-likeness (QED) is 0.657. The maximum absolute atomic E-state index is 11.3. The molecule has 0 atom stereocenters. The average Bonchev–Trinajstić information content (AvgIpc) is 2.40. The van der Waals surface area contributed by atoms with Gasteiger partial charge in [0.2, 0.25) is 0 Å². The van der Waals surface area contributed by atoms with E-state index in [0.29, 0.717) is 5.52 Å². The van der Waals surface area contributed by atoms with Crippen LogP contribution in [0, 0.1) is 0 Å². The number of aromatic nitrogens is 2. The van der Waals surface area contributed by atoms with Gasteiger partial charge in [0.15, 0.2) is 5.75 Å². The molecule has 15 heavy (non-hydrogen) atoms. The van der Waals surface area contributed by atoms with Gasteiger partial charge in [0.1, 0.15) is 5.52 Å². The van der Waals surface area contributed by atoms with Crippen molar-refractivity contribution in [2.45, 2.75) is 0 Å². The number of benzene rings is 1. The molecular weight excluding hydrogens is 220 g/mol. The molecule has 0 saturated heterocycles. The van der Waals surface area contributed by atoms with Crippen LogP contribution in [-0.2, 0) is 17.4 Å². The van der Waals surface area contributed by atoms with E-state index in [0.717, 1.165) is 5.52 Å². The highest BCUT2D eigenvalue weighted by molar-refractivity contribution is 7.82. The molecule has 1 aromatic heterocycles. The van der Waals surface area contributed by atoms with E-state index < -0.39 is 10.4 Å². The Morgan fingerprint density at radius 1 is 1.33 bits per heavy atom. The lowest BCUT2D eigenvalue weighted by atomic mass is 10.3. The second-order valence-corrected chi connectivity index (χ2v) is 4.30. The summed E-state index contributed by atoms with van der Waals surface area (Å²) < 4.78 is 33.4. The predicted octanol–water partition coefficient (Wildman–Crippen LogP) is 0.589. The van der Waals surface area contributed by atoms with Crippen LogP contribution in [-0.4, -0.2) is 18.0 Å². The van der Waals surface area contributed by atoms with Gasteiger partial charge in [0.25, 0.3) is 0 Å². The van der Waals surface area contributed by atoms with Crippen LogP contribution in [0.4, 0.5) is 0 Å². The fraction of sp³-hybridized carbons (Fsp3) is 0.125. The molecule has 0 aliphatic carbocycles. The van der Waals surface area contributed by atoms with Crippen molar-refractivity contribution in [1.29, 1.82) is 0 Å². The highest BCUT2D eigenvalue weighted by Crippen LogP contribution is 2.32. The molecule has 0 spiro atoms. The summed E-state index contributed by atoms with van der Waals surface area (Å²) >= 11 is 0. The molecule has 2 heterocycles. The van der Waals surface area contributed by atoms with Crippen molar-refractivity contribution in [3.05, 3.63) is 18.2 Å². The zero-order chi connectivity index (χ0) is 10.6. The molecule has 0 radical (unpaired) electrons. The molecule has 0 N–H and O–H groups in total. The van der Waals surface area contributed by atoms with Crippen molar-refractivity contribution in [1.82, 2.24) is 9.55 Å². The maximum atomic E-state index is 11.3. The summed E-state index contributed by atoms with van der Waals surface area (Å²) in [7, 11) is -2.37. The van der Waals surface area contributed by atoms with Crippen LogP contribution in [0.25, 0.3) is 11.0 Å². The molecule has 1 aliphatic heterocycles. The molecule has 78 valence electrons. The van der Waals surface area contributed by atoms with Crippen molar-refractivity contribution >= 4 is 21.4 Å². The van der Waals surface area contributed by atoms with Crippen molar-refractivity contribution in [3.63, 3.8) is 0 Å². The van der Waals surface area contributed by atoms with Gasteiger partial charge in [-0.05, 0) is 12.1 Å². The minimum Gasteiger partial charge on any atom is -0.350 e. The number of imidazole rings is 1. The van der Waals surface area contributed by atoms with E-state index in [9.17, 15) is 8.42 Å². The third-order valence-corrected chi connectivity index (χ3v) is 2.94. The minimum absolute atomic E-state index is 0.00921. The number of fused-ring (bicyclic) bond motifs is 1. The number of aryl methyl sites for hydroxylation is 1. The molecule has 6 nitrogen and oxygen atoms in total. The first-order valence-corrected chi connectivity index (χ1v) is 5.49. The molecule has 7 heteroatoms.